The molecule has 0 bridgehead atoms. The molecule has 3 heterocycles. The first-order chi connectivity index (χ1) is 13.7. The van der Waals surface area contributed by atoms with E-state index >= 15 is 0 Å². The summed E-state index contributed by atoms with van der Waals surface area (Å²) in [5.74, 6) is 0.974. The van der Waals surface area contributed by atoms with Crippen molar-refractivity contribution in [1.82, 2.24) is 19.8 Å². The van der Waals surface area contributed by atoms with Gasteiger partial charge in [0.05, 0.1) is 0 Å². The van der Waals surface area contributed by atoms with Gasteiger partial charge in [-0.05, 0) is 52.0 Å². The number of hydrogen-bond acceptors (Lipinski definition) is 5. The highest BCUT2D eigenvalue weighted by molar-refractivity contribution is 6.07. The summed E-state index contributed by atoms with van der Waals surface area (Å²) in [6.45, 7) is 12.6. The Hall–Kier alpha value is -2.44. The van der Waals surface area contributed by atoms with Crippen LogP contribution >= 0.6 is 0 Å². The van der Waals surface area contributed by atoms with Gasteiger partial charge in [-0.1, -0.05) is 25.5 Å². The van der Waals surface area contributed by atoms with Crippen molar-refractivity contribution in [3.63, 3.8) is 0 Å². The highest BCUT2D eigenvalue weighted by atomic mass is 16.2. The van der Waals surface area contributed by atoms with Gasteiger partial charge in [-0.3, -0.25) is 9.69 Å². The molecule has 1 aromatic rings. The number of piperidine rings is 1. The van der Waals surface area contributed by atoms with E-state index < -0.39 is 5.54 Å². The molecule has 2 aliphatic heterocycles. The van der Waals surface area contributed by atoms with E-state index in [9.17, 15) is 9.59 Å². The second-order valence-electron chi connectivity index (χ2n) is 8.83. The van der Waals surface area contributed by atoms with Crippen LogP contribution in [0, 0.1) is 12.8 Å². The van der Waals surface area contributed by atoms with Gasteiger partial charge in [0.2, 0.25) is 5.95 Å². The molecule has 0 aromatic carbocycles. The second kappa shape index (κ2) is 8.51. The molecule has 158 valence electrons. The van der Waals surface area contributed by atoms with Crippen molar-refractivity contribution in [2.45, 2.75) is 59.4 Å². The molecule has 3 amide bonds. The van der Waals surface area contributed by atoms with E-state index in [1.54, 1.807) is 6.20 Å². The zero-order valence-electron chi connectivity index (χ0n) is 18.3. The highest BCUT2D eigenvalue weighted by Gasteiger charge is 2.57. The Morgan fingerprint density at radius 1 is 1.24 bits per heavy atom. The minimum absolute atomic E-state index is 0.0323. The molecule has 2 saturated heterocycles. The van der Waals surface area contributed by atoms with Crippen LogP contribution in [-0.4, -0.2) is 63.4 Å². The Morgan fingerprint density at radius 2 is 1.93 bits per heavy atom. The van der Waals surface area contributed by atoms with Crippen LogP contribution in [0.3, 0.4) is 0 Å². The van der Waals surface area contributed by atoms with Crippen LogP contribution in [0.25, 0.3) is 0 Å². The molecule has 7 nitrogen and oxygen atoms in total. The monoisotopic (exact) mass is 399 g/mol. The lowest BCUT2D eigenvalue weighted by Gasteiger charge is -2.42. The van der Waals surface area contributed by atoms with Crippen LogP contribution in [0.4, 0.5) is 10.7 Å². The number of urea groups is 1. The molecule has 29 heavy (non-hydrogen) atoms. The number of carbonyl (C=O) groups excluding carboxylic acids is 2. The topological polar surface area (TPSA) is 69.6 Å². The lowest BCUT2D eigenvalue weighted by molar-refractivity contribution is -0.134. The Balaban J connectivity index is 1.80. The third kappa shape index (κ3) is 4.28. The van der Waals surface area contributed by atoms with E-state index in [1.165, 1.54) is 10.5 Å². The number of anilines is 1. The summed E-state index contributed by atoms with van der Waals surface area (Å²) in [6, 6.07) is 1.74. The van der Waals surface area contributed by atoms with Gasteiger partial charge in [-0.25, -0.2) is 14.8 Å². The minimum Gasteiger partial charge on any atom is -0.341 e. The zero-order valence-corrected chi connectivity index (χ0v) is 18.3. The van der Waals surface area contributed by atoms with Crippen molar-refractivity contribution < 1.29 is 9.59 Å². The largest absolute Gasteiger partial charge is 0.341 e. The van der Waals surface area contributed by atoms with Crippen molar-refractivity contribution in [3.8, 4) is 0 Å². The van der Waals surface area contributed by atoms with E-state index in [1.807, 2.05) is 31.7 Å². The quantitative estimate of drug-likeness (QED) is 0.542. The first kappa shape index (κ1) is 21.3. The fourth-order valence-electron chi connectivity index (χ4n) is 4.23. The Morgan fingerprint density at radius 3 is 2.52 bits per heavy atom. The van der Waals surface area contributed by atoms with E-state index in [-0.39, 0.29) is 11.9 Å². The fraction of sp³-hybridized carbons (Fsp3) is 0.636. The molecule has 0 radical (unpaired) electrons. The van der Waals surface area contributed by atoms with Gasteiger partial charge in [0.1, 0.15) is 5.54 Å². The number of aromatic nitrogens is 2. The average Bonchev–Trinajstić information content (AvgIpc) is 2.84. The standard InChI is InChI=1S/C22H33N5O2/c1-16(2)7-6-12-26-19(28)22(27(21(26)29)15-17(3)4)9-13-25(14-10-22)20-23-11-8-18(5)24-20/h7-8,11,17H,6,9-10,12-15H2,1-5H3. The second-order valence-corrected chi connectivity index (χ2v) is 8.83. The van der Waals surface area contributed by atoms with Gasteiger partial charge >= 0.3 is 6.03 Å². The molecule has 3 rings (SSSR count). The van der Waals surface area contributed by atoms with Crippen molar-refractivity contribution in [2.24, 2.45) is 5.92 Å². The molecule has 0 saturated carbocycles. The number of aryl methyl sites for hydroxylation is 1. The molecule has 0 atom stereocenters. The van der Waals surface area contributed by atoms with Gasteiger partial charge in [0.25, 0.3) is 5.91 Å². The summed E-state index contributed by atoms with van der Waals surface area (Å²) < 4.78 is 0. The lowest BCUT2D eigenvalue weighted by Crippen LogP contribution is -2.57. The van der Waals surface area contributed by atoms with E-state index in [0.29, 0.717) is 57.3 Å². The van der Waals surface area contributed by atoms with Gasteiger partial charge in [-0.15, -0.1) is 0 Å². The predicted octanol–water partition coefficient (Wildman–Crippen LogP) is 3.40. The van der Waals surface area contributed by atoms with Crippen molar-refractivity contribution in [2.75, 3.05) is 31.1 Å². The predicted molar refractivity (Wildman–Crippen MR) is 114 cm³/mol. The number of imide groups is 1. The lowest BCUT2D eigenvalue weighted by atomic mass is 9.85. The molecular formula is C22H33N5O2. The van der Waals surface area contributed by atoms with Crippen molar-refractivity contribution in [1.29, 1.82) is 0 Å². The summed E-state index contributed by atoms with van der Waals surface area (Å²) in [4.78, 5) is 41.0. The Kier molecular flexibility index (Phi) is 6.24. The molecule has 0 unspecified atom stereocenters. The molecule has 0 aliphatic carbocycles. The van der Waals surface area contributed by atoms with E-state index in [0.717, 1.165) is 5.69 Å². The Labute approximate surface area is 173 Å². The molecule has 1 aromatic heterocycles. The maximum atomic E-state index is 13.5. The maximum Gasteiger partial charge on any atom is 0.327 e. The van der Waals surface area contributed by atoms with Crippen LogP contribution in [0.2, 0.25) is 0 Å². The molecule has 7 heteroatoms. The fourth-order valence-corrected chi connectivity index (χ4v) is 4.23. The molecule has 2 fully saturated rings. The summed E-state index contributed by atoms with van der Waals surface area (Å²) in [6.07, 6.45) is 5.77. The van der Waals surface area contributed by atoms with Gasteiger partial charge < -0.3 is 9.80 Å². The number of allylic oxidation sites excluding steroid dienone is 1. The number of nitrogens with zero attached hydrogens (tertiary/aromatic N) is 5. The molecule has 1 spiro atoms. The molecule has 2 aliphatic rings. The van der Waals surface area contributed by atoms with Crippen LogP contribution in [0.15, 0.2) is 23.9 Å². The van der Waals surface area contributed by atoms with Crippen LogP contribution in [-0.2, 0) is 4.79 Å². The van der Waals surface area contributed by atoms with Crippen LogP contribution in [0.5, 0.6) is 0 Å². The van der Waals surface area contributed by atoms with Crippen LogP contribution < -0.4 is 4.90 Å². The third-order valence-corrected chi connectivity index (χ3v) is 5.73. The summed E-state index contributed by atoms with van der Waals surface area (Å²) in [7, 11) is 0. The highest BCUT2D eigenvalue weighted by Crippen LogP contribution is 2.38. The number of hydrogen-bond donors (Lipinski definition) is 0. The average molecular weight is 400 g/mol. The zero-order chi connectivity index (χ0) is 21.2. The van der Waals surface area contributed by atoms with E-state index in [2.05, 4.69) is 34.8 Å². The number of carbonyl (C=O) groups is 2. The minimum atomic E-state index is -0.730. The maximum absolute atomic E-state index is 13.5. The van der Waals surface area contributed by atoms with Crippen molar-refractivity contribution >= 4 is 17.9 Å². The molecule has 0 N–H and O–H groups in total. The SMILES string of the molecule is CC(C)=CCCN1C(=O)N(CC(C)C)C2(CCN(c3nccc(C)n3)CC2)C1=O. The van der Waals surface area contributed by atoms with Gasteiger partial charge in [0, 0.05) is 38.1 Å². The molecular weight excluding hydrogens is 366 g/mol. The first-order valence-corrected chi connectivity index (χ1v) is 10.6. The van der Waals surface area contributed by atoms with Gasteiger partial charge in [-0.2, -0.15) is 0 Å². The smallest absolute Gasteiger partial charge is 0.327 e. The summed E-state index contributed by atoms with van der Waals surface area (Å²) >= 11 is 0. The van der Waals surface area contributed by atoms with Crippen molar-refractivity contribution in [3.05, 3.63) is 29.6 Å². The summed E-state index contributed by atoms with van der Waals surface area (Å²) in [5.41, 5.74) is 1.39. The van der Waals surface area contributed by atoms with E-state index in [4.69, 9.17) is 0 Å². The number of amides is 3. The van der Waals surface area contributed by atoms with Crippen LogP contribution in [0.1, 0.15) is 52.7 Å². The first-order valence-electron chi connectivity index (χ1n) is 10.6. The Bertz CT molecular complexity index is 792. The third-order valence-electron chi connectivity index (χ3n) is 5.73. The number of rotatable bonds is 6. The normalized spacial score (nSPS) is 18.9. The van der Waals surface area contributed by atoms with Gasteiger partial charge in [0.15, 0.2) is 0 Å². The summed E-state index contributed by atoms with van der Waals surface area (Å²) in [5, 5.41) is 0.